The number of carboxylic acids is 1. The highest BCUT2D eigenvalue weighted by Crippen LogP contribution is 2.28. The van der Waals surface area contributed by atoms with E-state index in [2.05, 4.69) is 10.6 Å². The third-order valence-electron chi connectivity index (χ3n) is 3.81. The lowest BCUT2D eigenvalue weighted by molar-refractivity contribution is -0.149. The van der Waals surface area contributed by atoms with Crippen molar-refractivity contribution < 1.29 is 19.5 Å². The van der Waals surface area contributed by atoms with Crippen LogP contribution in [0.25, 0.3) is 0 Å². The molecule has 0 aromatic rings. The number of hydrogen-bond donors (Lipinski definition) is 3. The van der Waals surface area contributed by atoms with Gasteiger partial charge in [-0.3, -0.25) is 9.59 Å². The maximum atomic E-state index is 11.9. The number of carbonyl (C=O) groups excluding carboxylic acids is 2. The van der Waals surface area contributed by atoms with Crippen LogP contribution in [0, 0.1) is 5.41 Å². The third-order valence-corrected chi connectivity index (χ3v) is 3.81. The molecule has 0 spiro atoms. The average molecular weight is 298 g/mol. The van der Waals surface area contributed by atoms with E-state index in [0.717, 1.165) is 19.3 Å². The monoisotopic (exact) mass is 298 g/mol. The molecule has 1 saturated carbocycles. The van der Waals surface area contributed by atoms with E-state index >= 15 is 0 Å². The van der Waals surface area contributed by atoms with Crippen molar-refractivity contribution in [1.29, 1.82) is 0 Å². The van der Waals surface area contributed by atoms with Gasteiger partial charge in [0.15, 0.2) is 0 Å². The molecular weight excluding hydrogens is 272 g/mol. The summed E-state index contributed by atoms with van der Waals surface area (Å²) in [5.41, 5.74) is -1.62. The summed E-state index contributed by atoms with van der Waals surface area (Å²) in [6.07, 6.45) is 3.68. The molecule has 0 radical (unpaired) electrons. The van der Waals surface area contributed by atoms with Gasteiger partial charge >= 0.3 is 5.97 Å². The molecule has 6 nitrogen and oxygen atoms in total. The van der Waals surface area contributed by atoms with Crippen molar-refractivity contribution in [3.8, 4) is 0 Å². The quantitative estimate of drug-likeness (QED) is 0.715. The number of carbonyl (C=O) groups is 3. The first kappa shape index (κ1) is 17.5. The highest BCUT2D eigenvalue weighted by molar-refractivity contribution is 5.87. The van der Waals surface area contributed by atoms with E-state index in [9.17, 15) is 19.5 Å². The first-order valence-electron chi connectivity index (χ1n) is 7.50. The van der Waals surface area contributed by atoms with E-state index < -0.39 is 16.9 Å². The first-order chi connectivity index (χ1) is 9.67. The van der Waals surface area contributed by atoms with Crippen LogP contribution < -0.4 is 10.6 Å². The Bertz CT molecular complexity index is 406. The smallest absolute Gasteiger partial charge is 0.329 e. The van der Waals surface area contributed by atoms with Crippen LogP contribution in [0.2, 0.25) is 0 Å². The second-order valence-corrected chi connectivity index (χ2v) is 6.75. The summed E-state index contributed by atoms with van der Waals surface area (Å²) in [6.45, 7) is 5.61. The Labute approximate surface area is 125 Å². The van der Waals surface area contributed by atoms with Crippen LogP contribution in [0.4, 0.5) is 0 Å². The number of aliphatic carboxylic acids is 1. The zero-order chi connectivity index (χ0) is 16.1. The maximum absolute atomic E-state index is 11.9. The van der Waals surface area contributed by atoms with E-state index in [-0.39, 0.29) is 24.8 Å². The fraction of sp³-hybridized carbons (Fsp3) is 0.800. The van der Waals surface area contributed by atoms with Gasteiger partial charge in [-0.25, -0.2) is 4.79 Å². The van der Waals surface area contributed by atoms with Gasteiger partial charge in [-0.05, 0) is 12.8 Å². The second-order valence-electron chi connectivity index (χ2n) is 6.75. The van der Waals surface area contributed by atoms with Crippen molar-refractivity contribution in [2.75, 3.05) is 6.54 Å². The second kappa shape index (κ2) is 6.91. The molecule has 1 aliphatic carbocycles. The zero-order valence-corrected chi connectivity index (χ0v) is 13.1. The fourth-order valence-electron chi connectivity index (χ4n) is 2.43. The van der Waals surface area contributed by atoms with Gasteiger partial charge in [-0.2, -0.15) is 0 Å². The van der Waals surface area contributed by atoms with Crippen LogP contribution in [0.3, 0.4) is 0 Å². The number of carboxylic acid groups (broad SMARTS) is 1. The van der Waals surface area contributed by atoms with Gasteiger partial charge in [0.05, 0.1) is 0 Å². The molecule has 1 aliphatic rings. The molecule has 1 rings (SSSR count). The van der Waals surface area contributed by atoms with Crippen LogP contribution in [0.1, 0.15) is 59.3 Å². The van der Waals surface area contributed by atoms with Gasteiger partial charge in [0, 0.05) is 18.4 Å². The van der Waals surface area contributed by atoms with Gasteiger partial charge in [-0.15, -0.1) is 0 Å². The Morgan fingerprint density at radius 3 is 2.14 bits per heavy atom. The molecule has 0 saturated heterocycles. The molecular formula is C15H26N2O4. The lowest BCUT2D eigenvalue weighted by Gasteiger charge is -2.34. The lowest BCUT2D eigenvalue weighted by Crippen LogP contribution is -2.56. The Kier molecular flexibility index (Phi) is 5.75. The molecule has 0 heterocycles. The van der Waals surface area contributed by atoms with Crippen molar-refractivity contribution >= 4 is 17.8 Å². The summed E-state index contributed by atoms with van der Waals surface area (Å²) in [5, 5.41) is 14.7. The molecule has 2 amide bonds. The largest absolute Gasteiger partial charge is 0.480 e. The van der Waals surface area contributed by atoms with Crippen molar-refractivity contribution in [3.63, 3.8) is 0 Å². The van der Waals surface area contributed by atoms with Gasteiger partial charge in [0.2, 0.25) is 11.8 Å². The first-order valence-corrected chi connectivity index (χ1v) is 7.50. The van der Waals surface area contributed by atoms with Crippen LogP contribution in [-0.2, 0) is 14.4 Å². The molecule has 120 valence electrons. The minimum Gasteiger partial charge on any atom is -0.480 e. The SMILES string of the molecule is CC(C)(C)C(=O)NCCC(=O)NC1(C(=O)O)CCCCC1. The topological polar surface area (TPSA) is 95.5 Å². The standard InChI is InChI=1S/C15H26N2O4/c1-14(2,3)12(19)16-10-7-11(18)17-15(13(20)21)8-5-4-6-9-15/h4-10H2,1-3H3,(H,16,19)(H,17,18)(H,20,21). The van der Waals surface area contributed by atoms with Crippen LogP contribution in [-0.4, -0.2) is 35.0 Å². The molecule has 3 N–H and O–H groups in total. The summed E-state index contributed by atoms with van der Waals surface area (Å²) in [7, 11) is 0. The van der Waals surface area contributed by atoms with E-state index in [1.54, 1.807) is 20.8 Å². The van der Waals surface area contributed by atoms with Crippen molar-refractivity contribution in [2.24, 2.45) is 5.41 Å². The average Bonchev–Trinajstić information content (AvgIpc) is 2.38. The molecule has 21 heavy (non-hydrogen) atoms. The number of amides is 2. The van der Waals surface area contributed by atoms with Crippen molar-refractivity contribution in [2.45, 2.75) is 64.8 Å². The van der Waals surface area contributed by atoms with Crippen molar-refractivity contribution in [1.82, 2.24) is 10.6 Å². The van der Waals surface area contributed by atoms with Gasteiger partial charge < -0.3 is 15.7 Å². The zero-order valence-electron chi connectivity index (χ0n) is 13.1. The molecule has 0 unspecified atom stereocenters. The van der Waals surface area contributed by atoms with Gasteiger partial charge in [-0.1, -0.05) is 40.0 Å². The molecule has 0 atom stereocenters. The Morgan fingerprint density at radius 2 is 1.67 bits per heavy atom. The summed E-state index contributed by atoms with van der Waals surface area (Å²) < 4.78 is 0. The normalized spacial score (nSPS) is 17.9. The van der Waals surface area contributed by atoms with Crippen LogP contribution in [0.5, 0.6) is 0 Å². The summed E-state index contributed by atoms with van der Waals surface area (Å²) in [4.78, 5) is 35.0. The summed E-state index contributed by atoms with van der Waals surface area (Å²) >= 11 is 0. The van der Waals surface area contributed by atoms with E-state index in [1.807, 2.05) is 0 Å². The minimum atomic E-state index is -1.12. The Morgan fingerprint density at radius 1 is 1.10 bits per heavy atom. The predicted molar refractivity (Wildman–Crippen MR) is 78.7 cm³/mol. The molecule has 0 aromatic carbocycles. The molecule has 6 heteroatoms. The maximum Gasteiger partial charge on any atom is 0.329 e. The molecule has 0 bridgehead atoms. The number of nitrogens with one attached hydrogen (secondary N) is 2. The van der Waals surface area contributed by atoms with E-state index in [0.29, 0.717) is 12.8 Å². The van der Waals surface area contributed by atoms with Gasteiger partial charge in [0.1, 0.15) is 5.54 Å². The molecule has 0 aliphatic heterocycles. The van der Waals surface area contributed by atoms with Crippen LogP contribution in [0.15, 0.2) is 0 Å². The minimum absolute atomic E-state index is 0.0941. The van der Waals surface area contributed by atoms with Crippen molar-refractivity contribution in [3.05, 3.63) is 0 Å². The Balaban J connectivity index is 2.45. The third kappa shape index (κ3) is 5.02. The summed E-state index contributed by atoms with van der Waals surface area (Å²) in [6, 6.07) is 0. The summed E-state index contributed by atoms with van der Waals surface area (Å²) in [5.74, 6) is -1.41. The predicted octanol–water partition coefficient (Wildman–Crippen LogP) is 1.44. The van der Waals surface area contributed by atoms with Gasteiger partial charge in [0.25, 0.3) is 0 Å². The highest BCUT2D eigenvalue weighted by atomic mass is 16.4. The number of rotatable bonds is 5. The molecule has 0 aromatic heterocycles. The van der Waals surface area contributed by atoms with Crippen LogP contribution >= 0.6 is 0 Å². The Hall–Kier alpha value is -1.59. The highest BCUT2D eigenvalue weighted by Gasteiger charge is 2.40. The lowest BCUT2D eigenvalue weighted by atomic mass is 9.81. The van der Waals surface area contributed by atoms with E-state index in [4.69, 9.17) is 0 Å². The van der Waals surface area contributed by atoms with E-state index in [1.165, 1.54) is 0 Å². The fourth-order valence-corrected chi connectivity index (χ4v) is 2.43. The number of hydrogen-bond acceptors (Lipinski definition) is 3. The molecule has 1 fully saturated rings.